The fraction of sp³-hybridized carbons (Fsp3) is 0.273. The first kappa shape index (κ1) is 20.0. The summed E-state index contributed by atoms with van der Waals surface area (Å²) < 4.78 is 12.8. The minimum Gasteiger partial charge on any atom is -0.493 e. The standard InChI is InChI=1S/C22H19BrClNO4/c23-14-7-8-16(19(12-14)28-11-3-10-25-9-2-6-21(25)27)20-13-18(26)15-4-1-5-17(24)22(15)29-20/h1,4-5,7-8,12-13H,2-3,6,9-11H2. The highest BCUT2D eigenvalue weighted by molar-refractivity contribution is 9.10. The topological polar surface area (TPSA) is 59.8 Å². The molecule has 1 saturated heterocycles. The zero-order chi connectivity index (χ0) is 20.4. The molecule has 29 heavy (non-hydrogen) atoms. The van der Waals surface area contributed by atoms with Crippen molar-refractivity contribution in [3.05, 3.63) is 62.2 Å². The monoisotopic (exact) mass is 475 g/mol. The van der Waals surface area contributed by atoms with E-state index >= 15 is 0 Å². The molecule has 2 heterocycles. The number of rotatable bonds is 6. The van der Waals surface area contributed by atoms with Gasteiger partial charge in [0.05, 0.1) is 22.6 Å². The number of halogens is 2. The average molecular weight is 477 g/mol. The van der Waals surface area contributed by atoms with Crippen molar-refractivity contribution in [3.63, 3.8) is 0 Å². The highest BCUT2D eigenvalue weighted by Crippen LogP contribution is 2.34. The van der Waals surface area contributed by atoms with Gasteiger partial charge in [-0.25, -0.2) is 0 Å². The first-order valence-electron chi connectivity index (χ1n) is 9.46. The van der Waals surface area contributed by atoms with Crippen LogP contribution in [0, 0.1) is 0 Å². The Kier molecular flexibility index (Phi) is 5.92. The number of ether oxygens (including phenoxy) is 1. The molecule has 7 heteroatoms. The number of carbonyl (C=O) groups is 1. The molecule has 0 radical (unpaired) electrons. The first-order valence-corrected chi connectivity index (χ1v) is 10.6. The van der Waals surface area contributed by atoms with Crippen molar-refractivity contribution in [2.75, 3.05) is 19.7 Å². The van der Waals surface area contributed by atoms with Crippen molar-refractivity contribution >= 4 is 44.4 Å². The maximum atomic E-state index is 12.5. The molecule has 1 aliphatic rings. The Morgan fingerprint density at radius 1 is 1.17 bits per heavy atom. The number of carbonyl (C=O) groups excluding carboxylic acids is 1. The molecule has 0 spiro atoms. The molecule has 0 unspecified atom stereocenters. The Morgan fingerprint density at radius 2 is 2.03 bits per heavy atom. The molecule has 1 amide bonds. The Bertz CT molecular complexity index is 1130. The minimum atomic E-state index is -0.162. The quantitative estimate of drug-likeness (QED) is 0.455. The predicted molar refractivity (Wildman–Crippen MR) is 117 cm³/mol. The van der Waals surface area contributed by atoms with Gasteiger partial charge in [-0.2, -0.15) is 0 Å². The van der Waals surface area contributed by atoms with E-state index in [2.05, 4.69) is 15.9 Å². The van der Waals surface area contributed by atoms with Gasteiger partial charge in [0, 0.05) is 30.0 Å². The van der Waals surface area contributed by atoms with Crippen molar-refractivity contribution in [3.8, 4) is 17.1 Å². The van der Waals surface area contributed by atoms with Crippen LogP contribution < -0.4 is 10.2 Å². The van der Waals surface area contributed by atoms with Gasteiger partial charge in [0.2, 0.25) is 5.91 Å². The van der Waals surface area contributed by atoms with Crippen molar-refractivity contribution < 1.29 is 13.9 Å². The summed E-state index contributed by atoms with van der Waals surface area (Å²) in [5.74, 6) is 1.21. The third-order valence-electron chi connectivity index (χ3n) is 4.92. The van der Waals surface area contributed by atoms with Gasteiger partial charge in [-0.3, -0.25) is 9.59 Å². The van der Waals surface area contributed by atoms with E-state index < -0.39 is 0 Å². The van der Waals surface area contributed by atoms with Crippen LogP contribution in [0.2, 0.25) is 5.02 Å². The second-order valence-corrected chi connectivity index (χ2v) is 8.24. The molecule has 1 fully saturated rings. The summed E-state index contributed by atoms with van der Waals surface area (Å²) in [6.07, 6.45) is 2.30. The summed E-state index contributed by atoms with van der Waals surface area (Å²) in [4.78, 5) is 26.1. The number of hydrogen-bond donors (Lipinski definition) is 0. The normalized spacial score (nSPS) is 14.0. The zero-order valence-electron chi connectivity index (χ0n) is 15.6. The van der Waals surface area contributed by atoms with Crippen LogP contribution in [0.4, 0.5) is 0 Å². The van der Waals surface area contributed by atoms with Gasteiger partial charge in [-0.15, -0.1) is 0 Å². The van der Waals surface area contributed by atoms with E-state index in [0.717, 1.165) is 23.9 Å². The summed E-state index contributed by atoms with van der Waals surface area (Å²) in [5.41, 5.74) is 0.868. The van der Waals surface area contributed by atoms with Crippen LogP contribution in [-0.2, 0) is 4.79 Å². The fourth-order valence-corrected chi connectivity index (χ4v) is 4.03. The maximum Gasteiger partial charge on any atom is 0.222 e. The van der Waals surface area contributed by atoms with E-state index in [1.807, 2.05) is 23.1 Å². The van der Waals surface area contributed by atoms with E-state index in [0.29, 0.717) is 52.6 Å². The van der Waals surface area contributed by atoms with E-state index in [4.69, 9.17) is 20.8 Å². The number of para-hydroxylation sites is 1. The Balaban J connectivity index is 1.58. The van der Waals surface area contributed by atoms with Gasteiger partial charge in [-0.05, 0) is 43.2 Å². The summed E-state index contributed by atoms with van der Waals surface area (Å²) in [7, 11) is 0. The lowest BCUT2D eigenvalue weighted by molar-refractivity contribution is -0.127. The summed E-state index contributed by atoms with van der Waals surface area (Å²) in [5, 5.41) is 0.826. The summed E-state index contributed by atoms with van der Waals surface area (Å²) in [6, 6.07) is 12.1. The lowest BCUT2D eigenvalue weighted by Gasteiger charge is -2.16. The molecule has 0 N–H and O–H groups in total. The van der Waals surface area contributed by atoms with Crippen molar-refractivity contribution in [2.24, 2.45) is 0 Å². The third-order valence-corrected chi connectivity index (χ3v) is 5.71. The van der Waals surface area contributed by atoms with Crippen LogP contribution in [0.5, 0.6) is 5.75 Å². The molecular weight excluding hydrogens is 458 g/mol. The first-order chi connectivity index (χ1) is 14.0. The van der Waals surface area contributed by atoms with Gasteiger partial charge in [-0.1, -0.05) is 33.6 Å². The lowest BCUT2D eigenvalue weighted by Crippen LogP contribution is -2.26. The van der Waals surface area contributed by atoms with Crippen LogP contribution in [0.25, 0.3) is 22.3 Å². The maximum absolute atomic E-state index is 12.5. The minimum absolute atomic E-state index is 0.162. The van der Waals surface area contributed by atoms with Gasteiger partial charge in [0.25, 0.3) is 0 Å². The third kappa shape index (κ3) is 4.33. The highest BCUT2D eigenvalue weighted by Gasteiger charge is 2.19. The predicted octanol–water partition coefficient (Wildman–Crippen LogP) is 5.27. The molecule has 0 atom stereocenters. The summed E-state index contributed by atoms with van der Waals surface area (Å²) >= 11 is 9.69. The molecule has 0 bridgehead atoms. The van der Waals surface area contributed by atoms with Crippen LogP contribution in [0.15, 0.2) is 56.1 Å². The van der Waals surface area contributed by atoms with Crippen LogP contribution in [0.1, 0.15) is 19.3 Å². The molecule has 3 aromatic rings. The Labute approximate surface area is 181 Å². The average Bonchev–Trinajstić information content (AvgIpc) is 3.11. The van der Waals surface area contributed by atoms with Crippen molar-refractivity contribution in [1.82, 2.24) is 4.90 Å². The molecule has 4 rings (SSSR count). The van der Waals surface area contributed by atoms with Crippen LogP contribution in [-0.4, -0.2) is 30.5 Å². The van der Waals surface area contributed by atoms with Crippen molar-refractivity contribution in [1.29, 1.82) is 0 Å². The molecule has 1 aromatic heterocycles. The molecule has 1 aliphatic heterocycles. The van der Waals surface area contributed by atoms with Gasteiger partial charge in [0.1, 0.15) is 11.5 Å². The number of likely N-dealkylation sites (tertiary alicyclic amines) is 1. The molecule has 150 valence electrons. The van der Waals surface area contributed by atoms with Crippen LogP contribution >= 0.6 is 27.5 Å². The van der Waals surface area contributed by atoms with Crippen LogP contribution in [0.3, 0.4) is 0 Å². The van der Waals surface area contributed by atoms with E-state index in [1.54, 1.807) is 18.2 Å². The number of amides is 1. The van der Waals surface area contributed by atoms with Crippen molar-refractivity contribution in [2.45, 2.75) is 19.3 Å². The zero-order valence-corrected chi connectivity index (χ0v) is 18.0. The Morgan fingerprint density at radius 3 is 2.83 bits per heavy atom. The largest absolute Gasteiger partial charge is 0.493 e. The van der Waals surface area contributed by atoms with E-state index in [9.17, 15) is 9.59 Å². The van der Waals surface area contributed by atoms with E-state index in [1.165, 1.54) is 6.07 Å². The SMILES string of the molecule is O=C1CCCN1CCCOc1cc(Br)ccc1-c1cc(=O)c2cccc(Cl)c2o1. The number of fused-ring (bicyclic) bond motifs is 1. The molecule has 0 saturated carbocycles. The van der Waals surface area contributed by atoms with Gasteiger partial charge >= 0.3 is 0 Å². The van der Waals surface area contributed by atoms with Gasteiger partial charge < -0.3 is 14.1 Å². The number of nitrogens with zero attached hydrogens (tertiary/aromatic N) is 1. The second-order valence-electron chi connectivity index (χ2n) is 6.92. The molecular formula is C22H19BrClNO4. The van der Waals surface area contributed by atoms with Gasteiger partial charge in [0.15, 0.2) is 11.0 Å². The summed E-state index contributed by atoms with van der Waals surface area (Å²) in [6.45, 7) is 1.96. The Hall–Kier alpha value is -2.31. The van der Waals surface area contributed by atoms with E-state index in [-0.39, 0.29) is 11.3 Å². The molecule has 0 aliphatic carbocycles. The number of benzene rings is 2. The highest BCUT2D eigenvalue weighted by atomic mass is 79.9. The lowest BCUT2D eigenvalue weighted by atomic mass is 10.1. The molecule has 2 aromatic carbocycles. The molecule has 5 nitrogen and oxygen atoms in total. The number of hydrogen-bond acceptors (Lipinski definition) is 4. The smallest absolute Gasteiger partial charge is 0.222 e. The fourth-order valence-electron chi connectivity index (χ4n) is 3.47. The second kappa shape index (κ2) is 8.59.